The maximum atomic E-state index is 11.9. The van der Waals surface area contributed by atoms with Gasteiger partial charge in [0.2, 0.25) is 17.7 Å². The second-order valence-corrected chi connectivity index (χ2v) is 3.86. The molecule has 0 aromatic heterocycles. The van der Waals surface area contributed by atoms with Crippen molar-refractivity contribution < 1.29 is 23.9 Å². The maximum absolute atomic E-state index is 11.9. The first-order chi connectivity index (χ1) is 8.54. The largest absolute Gasteiger partial charge is 0.494 e. The Bertz CT molecular complexity index is 532. The summed E-state index contributed by atoms with van der Waals surface area (Å²) >= 11 is 0. The molecule has 0 bridgehead atoms. The SMILES string of the molecule is CCOc1ccc2c(c1)C(=O)C(OC(C)=O)C2=O. The molecule has 5 heteroatoms. The molecule has 0 aliphatic heterocycles. The molecule has 94 valence electrons. The van der Waals surface area contributed by atoms with Gasteiger partial charge in [0.25, 0.3) is 0 Å². The van der Waals surface area contributed by atoms with E-state index in [0.29, 0.717) is 12.4 Å². The van der Waals surface area contributed by atoms with Gasteiger partial charge in [-0.05, 0) is 25.1 Å². The molecular weight excluding hydrogens is 236 g/mol. The van der Waals surface area contributed by atoms with Gasteiger partial charge in [-0.15, -0.1) is 0 Å². The van der Waals surface area contributed by atoms with Crippen molar-refractivity contribution >= 4 is 17.5 Å². The van der Waals surface area contributed by atoms with E-state index in [1.165, 1.54) is 12.1 Å². The molecule has 0 heterocycles. The van der Waals surface area contributed by atoms with Crippen LogP contribution in [0.4, 0.5) is 0 Å². The molecule has 1 aromatic rings. The van der Waals surface area contributed by atoms with Crippen LogP contribution in [-0.4, -0.2) is 30.2 Å². The lowest BCUT2D eigenvalue weighted by atomic mass is 10.1. The lowest BCUT2D eigenvalue weighted by Crippen LogP contribution is -2.27. The summed E-state index contributed by atoms with van der Waals surface area (Å²) in [6.45, 7) is 3.45. The zero-order chi connectivity index (χ0) is 13.3. The highest BCUT2D eigenvalue weighted by atomic mass is 16.5. The van der Waals surface area contributed by atoms with Gasteiger partial charge in [0.15, 0.2) is 0 Å². The number of hydrogen-bond acceptors (Lipinski definition) is 5. The Labute approximate surface area is 104 Å². The third-order valence-electron chi connectivity index (χ3n) is 2.59. The van der Waals surface area contributed by atoms with Gasteiger partial charge in [-0.2, -0.15) is 0 Å². The van der Waals surface area contributed by atoms with Gasteiger partial charge in [0, 0.05) is 18.1 Å². The third kappa shape index (κ3) is 1.99. The van der Waals surface area contributed by atoms with Gasteiger partial charge in [0.1, 0.15) is 5.75 Å². The zero-order valence-electron chi connectivity index (χ0n) is 10.1. The van der Waals surface area contributed by atoms with Crippen LogP contribution in [0.1, 0.15) is 34.6 Å². The summed E-state index contributed by atoms with van der Waals surface area (Å²) < 4.78 is 10.00. The third-order valence-corrected chi connectivity index (χ3v) is 2.59. The normalized spacial score (nSPS) is 17.6. The highest BCUT2D eigenvalue weighted by molar-refractivity contribution is 6.29. The maximum Gasteiger partial charge on any atom is 0.303 e. The second-order valence-electron chi connectivity index (χ2n) is 3.86. The van der Waals surface area contributed by atoms with Crippen molar-refractivity contribution in [1.82, 2.24) is 0 Å². The number of fused-ring (bicyclic) bond motifs is 1. The van der Waals surface area contributed by atoms with Crippen molar-refractivity contribution in [3.05, 3.63) is 29.3 Å². The van der Waals surface area contributed by atoms with E-state index in [-0.39, 0.29) is 11.1 Å². The quantitative estimate of drug-likeness (QED) is 0.597. The van der Waals surface area contributed by atoms with E-state index < -0.39 is 23.6 Å². The average Bonchev–Trinajstić information content (AvgIpc) is 2.55. The van der Waals surface area contributed by atoms with Crippen LogP contribution < -0.4 is 4.74 Å². The fourth-order valence-electron chi connectivity index (χ4n) is 1.87. The van der Waals surface area contributed by atoms with Crippen LogP contribution in [0.15, 0.2) is 18.2 Å². The average molecular weight is 248 g/mol. The van der Waals surface area contributed by atoms with E-state index in [1.807, 2.05) is 6.92 Å². The first-order valence-corrected chi connectivity index (χ1v) is 5.57. The first-order valence-electron chi connectivity index (χ1n) is 5.57. The van der Waals surface area contributed by atoms with E-state index in [9.17, 15) is 14.4 Å². The standard InChI is InChI=1S/C13H12O5/c1-3-17-8-4-5-9-10(6-8)12(16)13(11(9)15)18-7(2)14/h4-6,13H,3H2,1-2H3. The van der Waals surface area contributed by atoms with E-state index in [4.69, 9.17) is 9.47 Å². The van der Waals surface area contributed by atoms with Crippen LogP contribution in [0, 0.1) is 0 Å². The van der Waals surface area contributed by atoms with Crippen molar-refractivity contribution in [1.29, 1.82) is 0 Å². The van der Waals surface area contributed by atoms with Crippen molar-refractivity contribution in [2.24, 2.45) is 0 Å². The minimum absolute atomic E-state index is 0.247. The monoisotopic (exact) mass is 248 g/mol. The zero-order valence-corrected chi connectivity index (χ0v) is 10.1. The number of carbonyl (C=O) groups excluding carboxylic acids is 3. The highest BCUT2D eigenvalue weighted by Gasteiger charge is 2.41. The molecule has 18 heavy (non-hydrogen) atoms. The number of carbonyl (C=O) groups is 3. The van der Waals surface area contributed by atoms with E-state index in [0.717, 1.165) is 6.92 Å². The molecule has 1 unspecified atom stereocenters. The van der Waals surface area contributed by atoms with Crippen LogP contribution in [-0.2, 0) is 9.53 Å². The lowest BCUT2D eigenvalue weighted by molar-refractivity contribution is -0.142. The molecule has 2 rings (SSSR count). The summed E-state index contributed by atoms with van der Waals surface area (Å²) in [6, 6.07) is 4.64. The minimum atomic E-state index is -1.34. The smallest absolute Gasteiger partial charge is 0.303 e. The molecule has 0 N–H and O–H groups in total. The van der Waals surface area contributed by atoms with Crippen LogP contribution in [0.25, 0.3) is 0 Å². The molecule has 0 fully saturated rings. The molecule has 0 saturated heterocycles. The Hall–Kier alpha value is -2.17. The number of rotatable bonds is 3. The summed E-state index contributed by atoms with van der Waals surface area (Å²) in [6.07, 6.45) is -1.34. The van der Waals surface area contributed by atoms with Crippen molar-refractivity contribution in [2.75, 3.05) is 6.61 Å². The molecule has 0 spiro atoms. The van der Waals surface area contributed by atoms with Crippen LogP contribution in [0.2, 0.25) is 0 Å². The lowest BCUT2D eigenvalue weighted by Gasteiger charge is -2.05. The fourth-order valence-corrected chi connectivity index (χ4v) is 1.87. The molecule has 5 nitrogen and oxygen atoms in total. The molecule has 1 aliphatic rings. The summed E-state index contributed by atoms with van der Waals surface area (Å²) in [7, 11) is 0. The van der Waals surface area contributed by atoms with Gasteiger partial charge in [-0.1, -0.05) is 0 Å². The van der Waals surface area contributed by atoms with Gasteiger partial charge < -0.3 is 9.47 Å². The molecule has 1 aliphatic carbocycles. The molecular formula is C13H12O5. The first kappa shape index (κ1) is 12.3. The summed E-state index contributed by atoms with van der Waals surface area (Å²) in [5.41, 5.74) is 0.520. The number of benzene rings is 1. The van der Waals surface area contributed by atoms with Crippen molar-refractivity contribution in [3.8, 4) is 5.75 Å². The molecule has 1 aromatic carbocycles. The predicted octanol–water partition coefficient (Wildman–Crippen LogP) is 1.40. The predicted molar refractivity (Wildman–Crippen MR) is 61.8 cm³/mol. The summed E-state index contributed by atoms with van der Waals surface area (Å²) in [5.74, 6) is -1.11. The molecule has 1 atom stereocenters. The second kappa shape index (κ2) is 4.60. The Balaban J connectivity index is 2.36. The van der Waals surface area contributed by atoms with E-state index in [1.54, 1.807) is 6.07 Å². The number of ketones is 2. The number of esters is 1. The van der Waals surface area contributed by atoms with Crippen LogP contribution in [0.5, 0.6) is 5.75 Å². The number of ether oxygens (including phenoxy) is 2. The topological polar surface area (TPSA) is 69.7 Å². The highest BCUT2D eigenvalue weighted by Crippen LogP contribution is 2.28. The Morgan fingerprint density at radius 1 is 1.22 bits per heavy atom. The number of hydrogen-bond donors (Lipinski definition) is 0. The Morgan fingerprint density at radius 2 is 1.89 bits per heavy atom. The van der Waals surface area contributed by atoms with E-state index >= 15 is 0 Å². The van der Waals surface area contributed by atoms with Gasteiger partial charge in [0.05, 0.1) is 6.61 Å². The Morgan fingerprint density at radius 3 is 2.50 bits per heavy atom. The summed E-state index contributed by atoms with van der Waals surface area (Å²) in [4.78, 5) is 34.7. The van der Waals surface area contributed by atoms with Crippen LogP contribution in [0.3, 0.4) is 0 Å². The van der Waals surface area contributed by atoms with Gasteiger partial charge >= 0.3 is 5.97 Å². The summed E-state index contributed by atoms with van der Waals surface area (Å²) in [5, 5.41) is 0. The van der Waals surface area contributed by atoms with Gasteiger partial charge in [-0.3, -0.25) is 14.4 Å². The molecule has 0 saturated carbocycles. The van der Waals surface area contributed by atoms with Crippen LogP contribution >= 0.6 is 0 Å². The van der Waals surface area contributed by atoms with Gasteiger partial charge in [-0.25, -0.2) is 0 Å². The van der Waals surface area contributed by atoms with Crippen molar-refractivity contribution in [3.63, 3.8) is 0 Å². The number of Topliss-reactive ketones (excluding diaryl/α,β-unsaturated/α-hetero) is 2. The van der Waals surface area contributed by atoms with E-state index in [2.05, 4.69) is 0 Å². The minimum Gasteiger partial charge on any atom is -0.494 e. The van der Waals surface area contributed by atoms with Crippen molar-refractivity contribution in [2.45, 2.75) is 20.0 Å². The molecule has 0 amide bonds. The Kier molecular flexibility index (Phi) is 3.14. The molecule has 0 radical (unpaired) electrons. The fraction of sp³-hybridized carbons (Fsp3) is 0.308.